The zero-order valence-electron chi connectivity index (χ0n) is 26.7. The summed E-state index contributed by atoms with van der Waals surface area (Å²) in [4.78, 5) is 72.6. The van der Waals surface area contributed by atoms with Crippen molar-refractivity contribution < 1.29 is 37.1 Å². The lowest BCUT2D eigenvalue weighted by Gasteiger charge is -2.38. The van der Waals surface area contributed by atoms with E-state index in [0.29, 0.717) is 19.5 Å². The fourth-order valence-corrected chi connectivity index (χ4v) is 7.95. The molecular formula is C32H40F3N5O5S. The minimum absolute atomic E-state index is 0.0227. The Bertz CT molecular complexity index is 1580. The Hall–Kier alpha value is -3.55. The van der Waals surface area contributed by atoms with Gasteiger partial charge < -0.3 is 20.9 Å². The second-order valence-corrected chi connectivity index (χ2v) is 15.2. The summed E-state index contributed by atoms with van der Waals surface area (Å²) in [5.74, 6) is -3.06. The molecule has 14 heteroatoms. The van der Waals surface area contributed by atoms with Gasteiger partial charge in [0.25, 0.3) is 0 Å². The van der Waals surface area contributed by atoms with Gasteiger partial charge in [-0.25, -0.2) is 4.98 Å². The van der Waals surface area contributed by atoms with E-state index in [1.54, 1.807) is 6.92 Å². The summed E-state index contributed by atoms with van der Waals surface area (Å²) in [6.45, 7) is 11.9. The minimum Gasteiger partial charge on any atom is -0.356 e. The maximum absolute atomic E-state index is 14.2. The fourth-order valence-electron chi connectivity index (χ4n) is 6.97. The molecule has 4 amide bonds. The third-order valence-electron chi connectivity index (χ3n) is 9.75. The van der Waals surface area contributed by atoms with Crippen LogP contribution in [0.1, 0.15) is 76.2 Å². The standard InChI is InChI=1S/C32H40F3N5O5S/c1-7-20(41)38-25(30(2,3)4)29(45)40-14-17-21(31(17,5)6)23(40)27(44)37-18(13-15-11-12-36-26(15)43)24(42)28-39-22-16(32(33,34)35)9-8-10-19(22)46-28/h8-10,15,17-18,21,23,25H,7,11-14H2,1-6H3,(H,36,43)(H,37,44)(H,38,41)/t15-,17-,18-,21-,23-,25+/m0/s1. The molecule has 1 aliphatic carbocycles. The van der Waals surface area contributed by atoms with E-state index in [2.05, 4.69) is 20.9 Å². The van der Waals surface area contributed by atoms with Crippen molar-refractivity contribution in [2.75, 3.05) is 13.1 Å². The molecule has 1 aromatic carbocycles. The van der Waals surface area contributed by atoms with Gasteiger partial charge in [-0.15, -0.1) is 11.3 Å². The van der Waals surface area contributed by atoms with Gasteiger partial charge in [0.15, 0.2) is 5.01 Å². The SMILES string of the molecule is CCC(=O)N[C@H](C(=O)N1C[C@H]2[C@@H]([C@H]1C(=O)N[C@@H](C[C@@H]1CCNC1=O)C(=O)c1nc3c(C(F)(F)F)cccc3s1)C2(C)C)C(C)(C)C. The minimum atomic E-state index is -4.68. The highest BCUT2D eigenvalue weighted by atomic mass is 32.1. The summed E-state index contributed by atoms with van der Waals surface area (Å²) >= 11 is 0.793. The van der Waals surface area contributed by atoms with Gasteiger partial charge in [-0.05, 0) is 47.6 Å². The zero-order chi connectivity index (χ0) is 33.9. The summed E-state index contributed by atoms with van der Waals surface area (Å²) in [5.41, 5.74) is -2.25. The quantitative estimate of drug-likeness (QED) is 0.348. The molecule has 3 fully saturated rings. The molecule has 2 aliphatic heterocycles. The first kappa shape index (κ1) is 33.8. The van der Waals surface area contributed by atoms with Crippen LogP contribution in [0.15, 0.2) is 18.2 Å². The second-order valence-electron chi connectivity index (χ2n) is 14.2. The number of rotatable bonds is 9. The van der Waals surface area contributed by atoms with Gasteiger partial charge in [0.2, 0.25) is 29.4 Å². The number of likely N-dealkylation sites (tertiary alicyclic amines) is 1. The molecule has 0 spiro atoms. The first-order valence-electron chi connectivity index (χ1n) is 15.5. The van der Waals surface area contributed by atoms with Crippen molar-refractivity contribution >= 4 is 51.0 Å². The maximum atomic E-state index is 14.2. The predicted molar refractivity (Wildman–Crippen MR) is 165 cm³/mol. The molecule has 1 aromatic heterocycles. The van der Waals surface area contributed by atoms with Crippen molar-refractivity contribution in [3.05, 3.63) is 28.8 Å². The van der Waals surface area contributed by atoms with E-state index in [4.69, 9.17) is 0 Å². The van der Waals surface area contributed by atoms with Crippen LogP contribution in [0.5, 0.6) is 0 Å². The number of piperidine rings is 1. The Kier molecular flexibility index (Phi) is 8.75. The normalized spacial score (nSPS) is 25.1. The lowest BCUT2D eigenvalue weighted by atomic mass is 9.85. The van der Waals surface area contributed by atoms with Crippen molar-refractivity contribution in [3.8, 4) is 0 Å². The molecule has 3 N–H and O–H groups in total. The van der Waals surface area contributed by atoms with Crippen LogP contribution in [0.25, 0.3) is 10.2 Å². The molecule has 0 unspecified atom stereocenters. The number of fused-ring (bicyclic) bond motifs is 2. The van der Waals surface area contributed by atoms with E-state index in [1.165, 1.54) is 17.0 Å². The molecule has 46 heavy (non-hydrogen) atoms. The van der Waals surface area contributed by atoms with Crippen LogP contribution >= 0.6 is 11.3 Å². The van der Waals surface area contributed by atoms with Gasteiger partial charge in [0, 0.05) is 25.4 Å². The number of carbonyl (C=O) groups excluding carboxylic acids is 5. The smallest absolute Gasteiger partial charge is 0.356 e. The van der Waals surface area contributed by atoms with Crippen LogP contribution in [-0.2, 0) is 25.4 Å². The average Bonchev–Trinajstić information content (AvgIpc) is 3.48. The number of ketones is 1. The molecule has 250 valence electrons. The maximum Gasteiger partial charge on any atom is 0.418 e. The number of carbonyl (C=O) groups is 5. The molecular weight excluding hydrogens is 623 g/mol. The van der Waals surface area contributed by atoms with Crippen LogP contribution < -0.4 is 16.0 Å². The summed E-state index contributed by atoms with van der Waals surface area (Å²) < 4.78 is 41.2. The second kappa shape index (κ2) is 11.9. The van der Waals surface area contributed by atoms with Crippen molar-refractivity contribution in [2.45, 2.75) is 85.1 Å². The number of Topliss-reactive ketones (excluding diaryl/α,β-unsaturated/α-hetero) is 1. The zero-order valence-corrected chi connectivity index (χ0v) is 27.5. The van der Waals surface area contributed by atoms with Crippen LogP contribution in [0.3, 0.4) is 0 Å². The first-order valence-corrected chi connectivity index (χ1v) is 16.4. The molecule has 0 radical (unpaired) electrons. The molecule has 5 rings (SSSR count). The topological polar surface area (TPSA) is 138 Å². The lowest BCUT2D eigenvalue weighted by Crippen LogP contribution is -2.60. The Balaban J connectivity index is 1.46. The Labute approximate surface area is 269 Å². The van der Waals surface area contributed by atoms with Crippen LogP contribution in [-0.4, -0.2) is 70.5 Å². The fraction of sp³-hybridized carbons (Fsp3) is 0.625. The monoisotopic (exact) mass is 663 g/mol. The van der Waals surface area contributed by atoms with E-state index >= 15 is 0 Å². The highest BCUT2D eigenvalue weighted by Crippen LogP contribution is 2.65. The van der Waals surface area contributed by atoms with E-state index in [-0.39, 0.29) is 57.1 Å². The lowest BCUT2D eigenvalue weighted by molar-refractivity contribution is -0.145. The molecule has 6 atom stereocenters. The van der Waals surface area contributed by atoms with Crippen molar-refractivity contribution in [1.82, 2.24) is 25.8 Å². The van der Waals surface area contributed by atoms with E-state index in [0.717, 1.165) is 17.4 Å². The molecule has 1 saturated carbocycles. The number of halogens is 3. The number of nitrogens with one attached hydrogen (secondary N) is 3. The van der Waals surface area contributed by atoms with Crippen molar-refractivity contribution in [2.24, 2.45) is 28.6 Å². The third kappa shape index (κ3) is 6.24. The molecule has 3 aliphatic rings. The molecule has 2 aromatic rings. The van der Waals surface area contributed by atoms with Crippen LogP contribution in [0.4, 0.5) is 13.2 Å². The Morgan fingerprint density at radius 1 is 1.15 bits per heavy atom. The van der Waals surface area contributed by atoms with Gasteiger partial charge in [-0.1, -0.05) is 47.6 Å². The summed E-state index contributed by atoms with van der Waals surface area (Å²) in [6.07, 6.45) is -4.16. The van der Waals surface area contributed by atoms with Crippen LogP contribution in [0, 0.1) is 28.6 Å². The number of thiazole rings is 1. The van der Waals surface area contributed by atoms with Gasteiger partial charge >= 0.3 is 6.18 Å². The summed E-state index contributed by atoms with van der Waals surface area (Å²) in [5, 5.41) is 8.10. The number of benzene rings is 1. The number of amides is 4. The number of aromatic nitrogens is 1. The van der Waals surface area contributed by atoms with Gasteiger partial charge in [0.05, 0.1) is 21.8 Å². The van der Waals surface area contributed by atoms with Gasteiger partial charge in [0.1, 0.15) is 12.1 Å². The summed E-state index contributed by atoms with van der Waals surface area (Å²) in [7, 11) is 0. The van der Waals surface area contributed by atoms with Crippen molar-refractivity contribution in [1.29, 1.82) is 0 Å². The highest BCUT2D eigenvalue weighted by molar-refractivity contribution is 7.20. The number of alkyl halides is 3. The first-order chi connectivity index (χ1) is 21.4. The van der Waals surface area contributed by atoms with Gasteiger partial charge in [-0.2, -0.15) is 13.2 Å². The molecule has 0 bridgehead atoms. The number of para-hydroxylation sites is 1. The van der Waals surface area contributed by atoms with E-state index in [9.17, 15) is 37.1 Å². The Morgan fingerprint density at radius 2 is 1.85 bits per heavy atom. The third-order valence-corrected chi connectivity index (χ3v) is 10.8. The molecule has 10 nitrogen and oxygen atoms in total. The van der Waals surface area contributed by atoms with E-state index < -0.39 is 58.8 Å². The number of hydrogen-bond donors (Lipinski definition) is 3. The number of hydrogen-bond acceptors (Lipinski definition) is 7. The van der Waals surface area contributed by atoms with Gasteiger partial charge in [-0.3, -0.25) is 24.0 Å². The average molecular weight is 664 g/mol. The largest absolute Gasteiger partial charge is 0.418 e. The van der Waals surface area contributed by atoms with Crippen LogP contribution in [0.2, 0.25) is 0 Å². The molecule has 3 heterocycles. The predicted octanol–water partition coefficient (Wildman–Crippen LogP) is 3.93. The van der Waals surface area contributed by atoms with Crippen molar-refractivity contribution in [3.63, 3.8) is 0 Å². The molecule has 2 saturated heterocycles. The highest BCUT2D eigenvalue weighted by Gasteiger charge is 2.70. The number of nitrogens with zero attached hydrogens (tertiary/aromatic N) is 2. The van der Waals surface area contributed by atoms with E-state index in [1.807, 2.05) is 34.6 Å². The summed E-state index contributed by atoms with van der Waals surface area (Å²) in [6, 6.07) is 0.458. The Morgan fingerprint density at radius 3 is 2.43 bits per heavy atom.